The van der Waals surface area contributed by atoms with E-state index in [9.17, 15) is 4.79 Å². The first kappa shape index (κ1) is 16.0. The lowest BCUT2D eigenvalue weighted by Crippen LogP contribution is -2.52. The predicted octanol–water partition coefficient (Wildman–Crippen LogP) is 4.17. The Morgan fingerprint density at radius 1 is 1.35 bits per heavy atom. The molecule has 0 bridgehead atoms. The van der Waals surface area contributed by atoms with Crippen molar-refractivity contribution in [3.05, 3.63) is 57.8 Å². The molecule has 3 rings (SSSR count). The van der Waals surface area contributed by atoms with Crippen LogP contribution in [0.15, 0.2) is 41.0 Å². The summed E-state index contributed by atoms with van der Waals surface area (Å²) >= 11 is 3.58. The largest absolute Gasteiger partial charge is 0.324 e. The van der Waals surface area contributed by atoms with Crippen LogP contribution in [0.4, 0.5) is 10.5 Å². The molecule has 1 aliphatic rings. The van der Waals surface area contributed by atoms with E-state index < -0.39 is 0 Å². The third kappa shape index (κ3) is 3.72. The highest BCUT2D eigenvalue weighted by molar-refractivity contribution is 9.10. The van der Waals surface area contributed by atoms with Crippen LogP contribution in [0.25, 0.3) is 0 Å². The van der Waals surface area contributed by atoms with Gasteiger partial charge in [-0.15, -0.1) is 0 Å². The number of likely N-dealkylation sites (tertiary alicyclic amines) is 1. The van der Waals surface area contributed by atoms with Gasteiger partial charge in [0.05, 0.1) is 0 Å². The highest BCUT2D eigenvalue weighted by Gasteiger charge is 2.31. The van der Waals surface area contributed by atoms with Gasteiger partial charge in [0.2, 0.25) is 0 Å². The molecule has 4 nitrogen and oxygen atoms in total. The average molecular weight is 374 g/mol. The van der Waals surface area contributed by atoms with Crippen LogP contribution in [0.3, 0.4) is 0 Å². The van der Waals surface area contributed by atoms with Crippen LogP contribution in [0, 0.1) is 19.8 Å². The van der Waals surface area contributed by atoms with Gasteiger partial charge >= 0.3 is 6.03 Å². The number of hydrogen-bond acceptors (Lipinski definition) is 2. The molecule has 0 unspecified atom stereocenters. The topological polar surface area (TPSA) is 45.2 Å². The van der Waals surface area contributed by atoms with E-state index in [-0.39, 0.29) is 6.03 Å². The SMILES string of the molecule is Cc1cc(NC(=O)N2CC(Cc3ccccc3Br)C2)c(C)cn1. The Balaban J connectivity index is 1.54. The summed E-state index contributed by atoms with van der Waals surface area (Å²) in [5.41, 5.74) is 4.03. The second-order valence-corrected chi connectivity index (χ2v) is 6.99. The maximum Gasteiger partial charge on any atom is 0.321 e. The van der Waals surface area contributed by atoms with E-state index in [1.165, 1.54) is 5.56 Å². The van der Waals surface area contributed by atoms with E-state index in [1.54, 1.807) is 6.20 Å². The van der Waals surface area contributed by atoms with Crippen LogP contribution in [0.1, 0.15) is 16.8 Å². The molecule has 23 heavy (non-hydrogen) atoms. The van der Waals surface area contributed by atoms with Gasteiger partial charge in [-0.3, -0.25) is 4.98 Å². The second-order valence-electron chi connectivity index (χ2n) is 6.14. The minimum Gasteiger partial charge on any atom is -0.324 e. The molecule has 5 heteroatoms. The lowest BCUT2D eigenvalue weighted by molar-refractivity contribution is 0.131. The van der Waals surface area contributed by atoms with Crippen molar-refractivity contribution in [1.29, 1.82) is 0 Å². The maximum absolute atomic E-state index is 12.3. The van der Waals surface area contributed by atoms with Crippen LogP contribution in [-0.4, -0.2) is 29.0 Å². The Morgan fingerprint density at radius 2 is 2.09 bits per heavy atom. The standard InChI is InChI=1S/C18H20BrN3O/c1-12-9-20-13(2)7-17(12)21-18(23)22-10-14(11-22)8-15-5-3-4-6-16(15)19/h3-7,9,14H,8,10-11H2,1-2H3,(H,20,21,23). The predicted molar refractivity (Wildman–Crippen MR) is 95.6 cm³/mol. The summed E-state index contributed by atoms with van der Waals surface area (Å²) in [6.45, 7) is 5.48. The lowest BCUT2D eigenvalue weighted by Gasteiger charge is -2.39. The smallest absolute Gasteiger partial charge is 0.321 e. The van der Waals surface area contributed by atoms with Gasteiger partial charge in [-0.05, 0) is 49.4 Å². The highest BCUT2D eigenvalue weighted by atomic mass is 79.9. The molecule has 0 aliphatic carbocycles. The van der Waals surface area contributed by atoms with Gasteiger partial charge < -0.3 is 10.2 Å². The Kier molecular flexibility index (Phi) is 4.66. The van der Waals surface area contributed by atoms with Crippen molar-refractivity contribution >= 4 is 27.6 Å². The molecule has 0 atom stereocenters. The van der Waals surface area contributed by atoms with E-state index in [1.807, 2.05) is 30.9 Å². The van der Waals surface area contributed by atoms with E-state index in [2.05, 4.69) is 44.4 Å². The van der Waals surface area contributed by atoms with Crippen LogP contribution in [0.5, 0.6) is 0 Å². The number of nitrogens with zero attached hydrogens (tertiary/aromatic N) is 2. The molecular formula is C18H20BrN3O. The summed E-state index contributed by atoms with van der Waals surface area (Å²) in [6, 6.07) is 10.2. The summed E-state index contributed by atoms with van der Waals surface area (Å²) in [5.74, 6) is 0.528. The van der Waals surface area contributed by atoms with E-state index in [0.717, 1.165) is 40.9 Å². The number of urea groups is 1. The minimum absolute atomic E-state index is 0.0259. The molecule has 2 amide bonds. The third-order valence-corrected chi connectivity index (χ3v) is 4.97. The second kappa shape index (κ2) is 6.71. The van der Waals surface area contributed by atoms with E-state index in [0.29, 0.717) is 5.92 Å². The summed E-state index contributed by atoms with van der Waals surface area (Å²) in [7, 11) is 0. The van der Waals surface area contributed by atoms with Gasteiger partial charge in [0.15, 0.2) is 0 Å². The monoisotopic (exact) mass is 373 g/mol. The quantitative estimate of drug-likeness (QED) is 0.877. The fourth-order valence-electron chi connectivity index (χ4n) is 2.80. The summed E-state index contributed by atoms with van der Waals surface area (Å²) in [5, 5.41) is 2.99. The summed E-state index contributed by atoms with van der Waals surface area (Å²) in [4.78, 5) is 18.4. The number of nitrogens with one attached hydrogen (secondary N) is 1. The van der Waals surface area contributed by atoms with Gasteiger partial charge in [-0.2, -0.15) is 0 Å². The number of hydrogen-bond donors (Lipinski definition) is 1. The molecule has 1 aliphatic heterocycles. The molecule has 1 aromatic carbocycles. The van der Waals surface area contributed by atoms with Crippen LogP contribution >= 0.6 is 15.9 Å². The Bertz CT molecular complexity index is 726. The Morgan fingerprint density at radius 3 is 2.83 bits per heavy atom. The number of carbonyl (C=O) groups is 1. The third-order valence-electron chi connectivity index (χ3n) is 4.19. The first-order chi connectivity index (χ1) is 11.0. The number of pyridine rings is 1. The fraction of sp³-hybridized carbons (Fsp3) is 0.333. The normalized spacial score (nSPS) is 14.5. The number of anilines is 1. The summed E-state index contributed by atoms with van der Waals surface area (Å²) in [6.07, 6.45) is 2.79. The lowest BCUT2D eigenvalue weighted by atomic mass is 9.92. The molecule has 0 spiro atoms. The van der Waals surface area contributed by atoms with Crippen LogP contribution in [-0.2, 0) is 6.42 Å². The maximum atomic E-state index is 12.3. The molecule has 2 heterocycles. The van der Waals surface area contributed by atoms with Gasteiger partial charge in [0.25, 0.3) is 0 Å². The van der Waals surface area contributed by atoms with Gasteiger partial charge in [-0.25, -0.2) is 4.79 Å². The Hall–Kier alpha value is -1.88. The molecule has 1 saturated heterocycles. The van der Waals surface area contributed by atoms with Crippen molar-refractivity contribution in [2.24, 2.45) is 5.92 Å². The molecular weight excluding hydrogens is 354 g/mol. The molecule has 0 saturated carbocycles. The molecule has 0 radical (unpaired) electrons. The zero-order chi connectivity index (χ0) is 16.4. The van der Waals surface area contributed by atoms with E-state index in [4.69, 9.17) is 0 Å². The number of halogens is 1. The number of rotatable bonds is 3. The minimum atomic E-state index is -0.0259. The van der Waals surface area contributed by atoms with Crippen molar-refractivity contribution < 1.29 is 4.79 Å². The van der Waals surface area contributed by atoms with Gasteiger partial charge in [-0.1, -0.05) is 34.1 Å². The fourth-order valence-corrected chi connectivity index (χ4v) is 3.24. The molecule has 2 aromatic rings. The van der Waals surface area contributed by atoms with Crippen molar-refractivity contribution in [3.63, 3.8) is 0 Å². The number of benzene rings is 1. The average Bonchev–Trinajstić information content (AvgIpc) is 2.48. The molecule has 1 aromatic heterocycles. The first-order valence-electron chi connectivity index (χ1n) is 7.75. The Labute approximate surface area is 145 Å². The number of amides is 2. The zero-order valence-corrected chi connectivity index (χ0v) is 14.9. The number of carbonyl (C=O) groups excluding carboxylic acids is 1. The van der Waals surface area contributed by atoms with Crippen LogP contribution < -0.4 is 5.32 Å². The van der Waals surface area contributed by atoms with Crippen molar-refractivity contribution in [1.82, 2.24) is 9.88 Å². The van der Waals surface area contributed by atoms with Crippen molar-refractivity contribution in [2.75, 3.05) is 18.4 Å². The molecule has 120 valence electrons. The first-order valence-corrected chi connectivity index (χ1v) is 8.55. The van der Waals surface area contributed by atoms with E-state index >= 15 is 0 Å². The van der Waals surface area contributed by atoms with Gasteiger partial charge in [0, 0.05) is 35.1 Å². The zero-order valence-electron chi connectivity index (χ0n) is 13.3. The van der Waals surface area contributed by atoms with Crippen molar-refractivity contribution in [2.45, 2.75) is 20.3 Å². The molecule has 1 N–H and O–H groups in total. The number of aromatic nitrogens is 1. The summed E-state index contributed by atoms with van der Waals surface area (Å²) < 4.78 is 1.14. The molecule has 1 fully saturated rings. The van der Waals surface area contributed by atoms with Gasteiger partial charge in [0.1, 0.15) is 0 Å². The van der Waals surface area contributed by atoms with Crippen LogP contribution in [0.2, 0.25) is 0 Å². The highest BCUT2D eigenvalue weighted by Crippen LogP contribution is 2.26. The van der Waals surface area contributed by atoms with Crippen molar-refractivity contribution in [3.8, 4) is 0 Å². The number of aryl methyl sites for hydroxylation is 2.